The Hall–Kier alpha value is -0.600. The van der Waals surface area contributed by atoms with Crippen LogP contribution in [0.15, 0.2) is 18.2 Å². The molecule has 1 aliphatic rings. The SMILES string of the molecule is CCCNC(Cc1c(F)cccc1Cl)C1CCC1. The van der Waals surface area contributed by atoms with Gasteiger partial charge in [-0.1, -0.05) is 31.0 Å². The quantitative estimate of drug-likeness (QED) is 0.817. The minimum atomic E-state index is -0.176. The van der Waals surface area contributed by atoms with Gasteiger partial charge in [-0.25, -0.2) is 4.39 Å². The molecule has 0 amide bonds. The lowest BCUT2D eigenvalue weighted by Crippen LogP contribution is -2.41. The average Bonchev–Trinajstić information content (AvgIpc) is 2.28. The molecule has 18 heavy (non-hydrogen) atoms. The number of nitrogens with one attached hydrogen (secondary N) is 1. The zero-order valence-electron chi connectivity index (χ0n) is 10.9. The highest BCUT2D eigenvalue weighted by atomic mass is 35.5. The van der Waals surface area contributed by atoms with E-state index >= 15 is 0 Å². The summed E-state index contributed by atoms with van der Waals surface area (Å²) in [6, 6.07) is 5.31. The van der Waals surface area contributed by atoms with Gasteiger partial charge >= 0.3 is 0 Å². The van der Waals surface area contributed by atoms with Gasteiger partial charge in [0, 0.05) is 16.6 Å². The average molecular weight is 270 g/mol. The van der Waals surface area contributed by atoms with E-state index in [4.69, 9.17) is 11.6 Å². The molecular weight excluding hydrogens is 249 g/mol. The monoisotopic (exact) mass is 269 g/mol. The predicted molar refractivity (Wildman–Crippen MR) is 74.5 cm³/mol. The van der Waals surface area contributed by atoms with Crippen molar-refractivity contribution in [1.82, 2.24) is 5.32 Å². The van der Waals surface area contributed by atoms with E-state index < -0.39 is 0 Å². The minimum Gasteiger partial charge on any atom is -0.313 e. The van der Waals surface area contributed by atoms with Crippen LogP contribution in [0.1, 0.15) is 38.2 Å². The second kappa shape index (κ2) is 6.53. The Morgan fingerprint density at radius 3 is 2.78 bits per heavy atom. The summed E-state index contributed by atoms with van der Waals surface area (Å²) in [5.74, 6) is 0.511. The van der Waals surface area contributed by atoms with Crippen molar-refractivity contribution in [3.05, 3.63) is 34.6 Å². The first-order valence-corrected chi connectivity index (χ1v) is 7.26. The number of benzene rings is 1. The standard InChI is InChI=1S/C15H21ClFN/c1-2-9-18-15(11-5-3-6-11)10-12-13(16)7-4-8-14(12)17/h4,7-8,11,15,18H,2-3,5-6,9-10H2,1H3. The van der Waals surface area contributed by atoms with Gasteiger partial charge < -0.3 is 5.32 Å². The summed E-state index contributed by atoms with van der Waals surface area (Å²) in [5, 5.41) is 4.10. The van der Waals surface area contributed by atoms with Crippen molar-refractivity contribution in [3.8, 4) is 0 Å². The van der Waals surface area contributed by atoms with Gasteiger partial charge in [0.1, 0.15) is 5.82 Å². The minimum absolute atomic E-state index is 0.176. The molecule has 1 nitrogen and oxygen atoms in total. The summed E-state index contributed by atoms with van der Waals surface area (Å²) in [4.78, 5) is 0. The molecule has 0 aromatic heterocycles. The first kappa shape index (κ1) is 13.8. The summed E-state index contributed by atoms with van der Waals surface area (Å²) in [5.41, 5.74) is 0.666. The van der Waals surface area contributed by atoms with E-state index in [0.717, 1.165) is 13.0 Å². The topological polar surface area (TPSA) is 12.0 Å². The molecule has 1 aliphatic carbocycles. The van der Waals surface area contributed by atoms with E-state index in [9.17, 15) is 4.39 Å². The van der Waals surface area contributed by atoms with Gasteiger partial charge in [0.2, 0.25) is 0 Å². The molecule has 0 aliphatic heterocycles. The van der Waals surface area contributed by atoms with Crippen LogP contribution in [0.3, 0.4) is 0 Å². The highest BCUT2D eigenvalue weighted by Crippen LogP contribution is 2.32. The maximum atomic E-state index is 13.8. The summed E-state index contributed by atoms with van der Waals surface area (Å²) >= 11 is 6.11. The van der Waals surface area contributed by atoms with Gasteiger partial charge in [-0.2, -0.15) is 0 Å². The number of hydrogen-bond donors (Lipinski definition) is 1. The third kappa shape index (κ3) is 3.24. The van der Waals surface area contributed by atoms with Crippen LogP contribution in [0.25, 0.3) is 0 Å². The van der Waals surface area contributed by atoms with E-state index in [2.05, 4.69) is 12.2 Å². The molecule has 0 spiro atoms. The molecule has 1 atom stereocenters. The van der Waals surface area contributed by atoms with Crippen molar-refractivity contribution in [1.29, 1.82) is 0 Å². The Morgan fingerprint density at radius 2 is 2.22 bits per heavy atom. The van der Waals surface area contributed by atoms with Gasteiger partial charge in [-0.05, 0) is 50.3 Å². The van der Waals surface area contributed by atoms with Crippen LogP contribution in [0.5, 0.6) is 0 Å². The van der Waals surface area contributed by atoms with E-state index in [-0.39, 0.29) is 5.82 Å². The third-order valence-electron chi connectivity index (χ3n) is 3.86. The van der Waals surface area contributed by atoms with Gasteiger partial charge in [-0.15, -0.1) is 0 Å². The van der Waals surface area contributed by atoms with Crippen LogP contribution in [0, 0.1) is 11.7 Å². The van der Waals surface area contributed by atoms with Gasteiger partial charge in [0.25, 0.3) is 0 Å². The summed E-state index contributed by atoms with van der Waals surface area (Å²) in [6.07, 6.45) is 5.63. The lowest BCUT2D eigenvalue weighted by Gasteiger charge is -2.35. The molecule has 1 N–H and O–H groups in total. The van der Waals surface area contributed by atoms with Crippen molar-refractivity contribution in [3.63, 3.8) is 0 Å². The molecule has 1 aromatic carbocycles. The van der Waals surface area contributed by atoms with Crippen molar-refractivity contribution >= 4 is 11.6 Å². The zero-order valence-corrected chi connectivity index (χ0v) is 11.6. The van der Waals surface area contributed by atoms with E-state index in [0.29, 0.717) is 29.0 Å². The molecule has 100 valence electrons. The van der Waals surface area contributed by atoms with Gasteiger partial charge in [0.15, 0.2) is 0 Å². The van der Waals surface area contributed by atoms with E-state index in [1.807, 2.05) is 0 Å². The predicted octanol–water partition coefficient (Wildman–Crippen LogP) is 4.19. The molecule has 3 heteroatoms. The summed E-state index contributed by atoms with van der Waals surface area (Å²) in [7, 11) is 0. The molecule has 0 bridgehead atoms. The Morgan fingerprint density at radius 1 is 1.44 bits per heavy atom. The summed E-state index contributed by atoms with van der Waals surface area (Å²) in [6.45, 7) is 3.15. The first-order valence-electron chi connectivity index (χ1n) is 6.88. The fourth-order valence-corrected chi connectivity index (χ4v) is 2.76. The Labute approximate surface area is 114 Å². The largest absolute Gasteiger partial charge is 0.313 e. The number of rotatable bonds is 6. The molecule has 0 heterocycles. The van der Waals surface area contributed by atoms with Crippen molar-refractivity contribution in [2.24, 2.45) is 5.92 Å². The van der Waals surface area contributed by atoms with Crippen LogP contribution < -0.4 is 5.32 Å². The van der Waals surface area contributed by atoms with Crippen LogP contribution in [-0.2, 0) is 6.42 Å². The molecule has 0 saturated heterocycles. The van der Waals surface area contributed by atoms with Crippen LogP contribution in [0.2, 0.25) is 5.02 Å². The highest BCUT2D eigenvalue weighted by Gasteiger charge is 2.28. The fourth-order valence-electron chi connectivity index (χ4n) is 2.52. The first-order chi connectivity index (χ1) is 8.72. The van der Waals surface area contributed by atoms with Gasteiger partial charge in [-0.3, -0.25) is 0 Å². The van der Waals surface area contributed by atoms with E-state index in [1.165, 1.54) is 25.3 Å². The number of hydrogen-bond acceptors (Lipinski definition) is 1. The van der Waals surface area contributed by atoms with Gasteiger partial charge in [0.05, 0.1) is 0 Å². The molecule has 2 rings (SSSR count). The Balaban J connectivity index is 2.07. The molecule has 1 saturated carbocycles. The molecule has 1 fully saturated rings. The summed E-state index contributed by atoms with van der Waals surface area (Å²) < 4.78 is 13.8. The normalized spacial score (nSPS) is 17.5. The van der Waals surface area contributed by atoms with Crippen molar-refractivity contribution in [2.45, 2.75) is 45.1 Å². The highest BCUT2D eigenvalue weighted by molar-refractivity contribution is 6.31. The lowest BCUT2D eigenvalue weighted by atomic mass is 9.77. The maximum absolute atomic E-state index is 13.8. The fraction of sp³-hybridized carbons (Fsp3) is 0.600. The second-order valence-electron chi connectivity index (χ2n) is 5.16. The molecule has 1 aromatic rings. The molecule has 1 unspecified atom stereocenters. The zero-order chi connectivity index (χ0) is 13.0. The van der Waals surface area contributed by atoms with Crippen LogP contribution >= 0.6 is 11.6 Å². The van der Waals surface area contributed by atoms with Crippen LogP contribution in [-0.4, -0.2) is 12.6 Å². The third-order valence-corrected chi connectivity index (χ3v) is 4.22. The molecule has 0 radical (unpaired) electrons. The van der Waals surface area contributed by atoms with Crippen LogP contribution in [0.4, 0.5) is 4.39 Å². The Kier molecular flexibility index (Phi) is 5.02. The Bertz CT molecular complexity index is 370. The lowest BCUT2D eigenvalue weighted by molar-refractivity contribution is 0.226. The van der Waals surface area contributed by atoms with Crippen molar-refractivity contribution in [2.75, 3.05) is 6.54 Å². The van der Waals surface area contributed by atoms with E-state index in [1.54, 1.807) is 12.1 Å². The smallest absolute Gasteiger partial charge is 0.127 e. The second-order valence-corrected chi connectivity index (χ2v) is 5.56. The molecular formula is C15H21ClFN. The maximum Gasteiger partial charge on any atom is 0.127 e. The number of halogens is 2. The van der Waals surface area contributed by atoms with Crippen molar-refractivity contribution < 1.29 is 4.39 Å².